The van der Waals surface area contributed by atoms with Crippen molar-refractivity contribution in [2.75, 3.05) is 20.3 Å². The average molecular weight is 364 g/mol. The maximum Gasteiger partial charge on any atom is 0.416 e. The molecule has 1 aliphatic rings. The second-order valence-corrected chi connectivity index (χ2v) is 5.52. The van der Waals surface area contributed by atoms with Gasteiger partial charge in [0.05, 0.1) is 12.7 Å². The number of ether oxygens (including phenoxy) is 3. The zero-order valence-electron chi connectivity index (χ0n) is 13.8. The molecule has 0 radical (unpaired) electrons. The number of methoxy groups -OCH3 is 1. The molecule has 0 spiro atoms. The molecule has 0 atom stereocenters. The van der Waals surface area contributed by atoms with Crippen LogP contribution < -0.4 is 14.2 Å². The topological polar surface area (TPSA) is 44.8 Å². The van der Waals surface area contributed by atoms with Gasteiger partial charge in [-0.1, -0.05) is 18.2 Å². The van der Waals surface area contributed by atoms with Crippen LogP contribution >= 0.6 is 0 Å². The number of carbonyl (C=O) groups is 1. The van der Waals surface area contributed by atoms with Crippen molar-refractivity contribution in [2.24, 2.45) is 0 Å². The summed E-state index contributed by atoms with van der Waals surface area (Å²) in [7, 11) is 1.49. The van der Waals surface area contributed by atoms with Crippen LogP contribution in [0.25, 0.3) is 6.08 Å². The van der Waals surface area contributed by atoms with Crippen molar-refractivity contribution in [3.63, 3.8) is 0 Å². The van der Waals surface area contributed by atoms with Gasteiger partial charge in [0.15, 0.2) is 17.3 Å². The smallest absolute Gasteiger partial charge is 0.416 e. The van der Waals surface area contributed by atoms with E-state index in [1.165, 1.54) is 13.2 Å². The number of carbonyl (C=O) groups excluding carboxylic acids is 1. The van der Waals surface area contributed by atoms with Gasteiger partial charge in [0.2, 0.25) is 5.75 Å². The first-order valence-electron chi connectivity index (χ1n) is 7.76. The molecule has 0 saturated carbocycles. The molecule has 1 aliphatic heterocycles. The monoisotopic (exact) mass is 364 g/mol. The molecule has 7 heteroatoms. The highest BCUT2D eigenvalue weighted by Gasteiger charge is 2.30. The van der Waals surface area contributed by atoms with Gasteiger partial charge in [-0.3, -0.25) is 4.79 Å². The number of alkyl halides is 3. The van der Waals surface area contributed by atoms with E-state index in [1.807, 2.05) is 0 Å². The highest BCUT2D eigenvalue weighted by Crippen LogP contribution is 2.40. The van der Waals surface area contributed by atoms with Gasteiger partial charge in [-0.05, 0) is 35.9 Å². The number of ketones is 1. The van der Waals surface area contributed by atoms with Crippen LogP contribution in [-0.2, 0) is 6.18 Å². The Labute approximate surface area is 147 Å². The number of rotatable bonds is 4. The van der Waals surface area contributed by atoms with Crippen LogP contribution in [0.4, 0.5) is 13.2 Å². The molecule has 0 aromatic heterocycles. The standard InChI is InChI=1S/C19H15F3O4/c1-24-16-10-12(11-17-18(16)26-9-8-25-17)2-7-15(23)13-3-5-14(6-4-13)19(20,21)22/h2-7,10-11H,8-9H2,1H3/b7-2+. The van der Waals surface area contributed by atoms with Crippen LogP contribution in [0.2, 0.25) is 0 Å². The lowest BCUT2D eigenvalue weighted by molar-refractivity contribution is -0.137. The first-order chi connectivity index (χ1) is 12.4. The van der Waals surface area contributed by atoms with Gasteiger partial charge in [-0.15, -0.1) is 0 Å². The van der Waals surface area contributed by atoms with Crippen LogP contribution in [0.1, 0.15) is 21.5 Å². The van der Waals surface area contributed by atoms with E-state index in [0.29, 0.717) is 36.0 Å². The zero-order chi connectivity index (χ0) is 18.7. The van der Waals surface area contributed by atoms with Crippen LogP contribution in [-0.4, -0.2) is 26.1 Å². The molecular formula is C19H15F3O4. The van der Waals surface area contributed by atoms with Gasteiger partial charge in [-0.25, -0.2) is 0 Å². The van der Waals surface area contributed by atoms with Gasteiger partial charge in [-0.2, -0.15) is 13.2 Å². The molecule has 3 rings (SSSR count). The number of allylic oxidation sites excluding steroid dienone is 1. The Hall–Kier alpha value is -2.96. The predicted octanol–water partition coefficient (Wildman–Crippen LogP) is 4.38. The number of benzene rings is 2. The largest absolute Gasteiger partial charge is 0.493 e. The van der Waals surface area contributed by atoms with Crippen molar-refractivity contribution in [1.29, 1.82) is 0 Å². The van der Waals surface area contributed by atoms with Gasteiger partial charge in [0.25, 0.3) is 0 Å². The van der Waals surface area contributed by atoms with Gasteiger partial charge in [0, 0.05) is 5.56 Å². The Balaban J connectivity index is 1.80. The SMILES string of the molecule is COc1cc(/C=C/C(=O)c2ccc(C(F)(F)F)cc2)cc2c1OCCO2. The average Bonchev–Trinajstić information content (AvgIpc) is 2.64. The number of hydrogen-bond donors (Lipinski definition) is 0. The lowest BCUT2D eigenvalue weighted by atomic mass is 10.1. The molecule has 2 aromatic carbocycles. The molecule has 26 heavy (non-hydrogen) atoms. The summed E-state index contributed by atoms with van der Waals surface area (Å²) in [6.45, 7) is 0.832. The molecule has 4 nitrogen and oxygen atoms in total. The Kier molecular flexibility index (Phi) is 4.88. The minimum absolute atomic E-state index is 0.166. The first kappa shape index (κ1) is 17.8. The molecule has 0 saturated heterocycles. The summed E-state index contributed by atoms with van der Waals surface area (Å²) in [6.07, 6.45) is -1.60. The third-order valence-corrected chi connectivity index (χ3v) is 3.77. The predicted molar refractivity (Wildman–Crippen MR) is 88.8 cm³/mol. The van der Waals surface area contributed by atoms with Crippen molar-refractivity contribution >= 4 is 11.9 Å². The van der Waals surface area contributed by atoms with E-state index >= 15 is 0 Å². The quantitative estimate of drug-likeness (QED) is 0.597. The third kappa shape index (κ3) is 3.82. The van der Waals surface area contributed by atoms with Crippen LogP contribution in [0.5, 0.6) is 17.2 Å². The minimum atomic E-state index is -4.43. The fourth-order valence-electron chi connectivity index (χ4n) is 2.48. The van der Waals surface area contributed by atoms with E-state index in [1.54, 1.807) is 18.2 Å². The molecule has 0 aliphatic carbocycles. The lowest BCUT2D eigenvalue weighted by Gasteiger charge is -2.20. The van der Waals surface area contributed by atoms with Crippen LogP contribution in [0.3, 0.4) is 0 Å². The Morgan fingerprint density at radius 1 is 1.12 bits per heavy atom. The summed E-state index contributed by atoms with van der Waals surface area (Å²) in [5, 5.41) is 0. The summed E-state index contributed by atoms with van der Waals surface area (Å²) in [6, 6.07) is 7.46. The molecule has 1 heterocycles. The normalized spacial score (nSPS) is 13.7. The van der Waals surface area contributed by atoms with E-state index in [9.17, 15) is 18.0 Å². The second-order valence-electron chi connectivity index (χ2n) is 5.52. The summed E-state index contributed by atoms with van der Waals surface area (Å²) in [5.74, 6) is 1.08. The highest BCUT2D eigenvalue weighted by atomic mass is 19.4. The summed E-state index contributed by atoms with van der Waals surface area (Å²) in [5.41, 5.74) is 0.0136. The number of halogens is 3. The number of fused-ring (bicyclic) bond motifs is 1. The first-order valence-corrected chi connectivity index (χ1v) is 7.76. The molecule has 0 bridgehead atoms. The van der Waals surface area contributed by atoms with Crippen LogP contribution in [0, 0.1) is 0 Å². The van der Waals surface area contributed by atoms with E-state index < -0.39 is 17.5 Å². The zero-order valence-corrected chi connectivity index (χ0v) is 13.8. The van der Waals surface area contributed by atoms with Crippen molar-refractivity contribution in [1.82, 2.24) is 0 Å². The summed E-state index contributed by atoms with van der Waals surface area (Å²) < 4.78 is 54.0. The Morgan fingerprint density at radius 2 is 1.81 bits per heavy atom. The molecular weight excluding hydrogens is 349 g/mol. The van der Waals surface area contributed by atoms with E-state index in [0.717, 1.165) is 24.3 Å². The van der Waals surface area contributed by atoms with Gasteiger partial charge in [0.1, 0.15) is 13.2 Å². The minimum Gasteiger partial charge on any atom is -0.493 e. The third-order valence-electron chi connectivity index (χ3n) is 3.77. The van der Waals surface area contributed by atoms with Crippen molar-refractivity contribution in [2.45, 2.75) is 6.18 Å². The van der Waals surface area contributed by atoms with E-state index in [4.69, 9.17) is 14.2 Å². The Morgan fingerprint density at radius 3 is 2.46 bits per heavy atom. The van der Waals surface area contributed by atoms with Gasteiger partial charge >= 0.3 is 6.18 Å². The molecule has 0 amide bonds. The fourth-order valence-corrected chi connectivity index (χ4v) is 2.48. The molecule has 136 valence electrons. The van der Waals surface area contributed by atoms with E-state index in [-0.39, 0.29) is 5.56 Å². The fraction of sp³-hybridized carbons (Fsp3) is 0.211. The van der Waals surface area contributed by atoms with Crippen LogP contribution in [0.15, 0.2) is 42.5 Å². The molecule has 0 N–H and O–H groups in total. The molecule has 0 unspecified atom stereocenters. The number of hydrogen-bond acceptors (Lipinski definition) is 4. The second kappa shape index (κ2) is 7.11. The van der Waals surface area contributed by atoms with Crippen molar-refractivity contribution in [3.8, 4) is 17.2 Å². The van der Waals surface area contributed by atoms with Crippen molar-refractivity contribution in [3.05, 3.63) is 59.2 Å². The summed E-state index contributed by atoms with van der Waals surface area (Å²) in [4.78, 5) is 12.2. The lowest BCUT2D eigenvalue weighted by Crippen LogP contribution is -2.16. The van der Waals surface area contributed by atoms with Crippen molar-refractivity contribution < 1.29 is 32.2 Å². The highest BCUT2D eigenvalue weighted by molar-refractivity contribution is 6.06. The van der Waals surface area contributed by atoms with Gasteiger partial charge < -0.3 is 14.2 Å². The van der Waals surface area contributed by atoms with E-state index in [2.05, 4.69) is 0 Å². The molecule has 2 aromatic rings. The Bertz CT molecular complexity index is 822. The maximum absolute atomic E-state index is 12.6. The molecule has 0 fully saturated rings. The summed E-state index contributed by atoms with van der Waals surface area (Å²) >= 11 is 0. The maximum atomic E-state index is 12.6.